The number of imidazole rings is 1. The minimum Gasteiger partial charge on any atom is -0.381 e. The fourth-order valence-electron chi connectivity index (χ4n) is 3.81. The maximum atomic E-state index is 11.3. The molecule has 6 heteroatoms. The van der Waals surface area contributed by atoms with E-state index in [4.69, 9.17) is 5.73 Å². The number of fused-ring (bicyclic) bond motifs is 1. The largest absolute Gasteiger partial charge is 0.381 e. The summed E-state index contributed by atoms with van der Waals surface area (Å²) < 4.78 is 0. The molecule has 0 aliphatic carbocycles. The number of carbonyl (C=O) groups is 1. The number of H-pyrrole nitrogens is 1. The minimum atomic E-state index is -0.146. The van der Waals surface area contributed by atoms with Gasteiger partial charge in [0.1, 0.15) is 0 Å². The predicted octanol–water partition coefficient (Wildman–Crippen LogP) is 2.91. The van der Waals surface area contributed by atoms with Crippen LogP contribution in [-0.4, -0.2) is 40.4 Å². The molecule has 0 bridgehead atoms. The first-order valence-corrected chi connectivity index (χ1v) is 9.94. The van der Waals surface area contributed by atoms with E-state index in [-0.39, 0.29) is 11.8 Å². The predicted molar refractivity (Wildman–Crippen MR) is 112 cm³/mol. The molecule has 0 spiro atoms. The highest BCUT2D eigenvalue weighted by atomic mass is 16.1. The van der Waals surface area contributed by atoms with Gasteiger partial charge in [0, 0.05) is 24.7 Å². The van der Waals surface area contributed by atoms with Crippen molar-refractivity contribution in [1.29, 1.82) is 0 Å². The SMILES string of the molecule is NC(=O)C1CCN(CCc2ccc(NCc3ccc4nc[nH]c4c3)cc2)CC1. The van der Waals surface area contributed by atoms with Crippen LogP contribution in [0.3, 0.4) is 0 Å². The van der Waals surface area contributed by atoms with E-state index in [1.165, 1.54) is 11.1 Å². The third kappa shape index (κ3) is 4.51. The molecule has 4 N–H and O–H groups in total. The molecular weight excluding hydrogens is 350 g/mol. The number of nitrogens with zero attached hydrogens (tertiary/aromatic N) is 2. The Kier molecular flexibility index (Phi) is 5.58. The Morgan fingerprint density at radius 2 is 1.89 bits per heavy atom. The summed E-state index contributed by atoms with van der Waals surface area (Å²) >= 11 is 0. The standard InChI is InChI=1S/C22H27N5O/c23-22(28)18-8-11-27(12-9-18)10-7-16-1-4-19(5-2-16)24-14-17-3-6-20-21(13-17)26-15-25-20/h1-6,13,15,18,24H,7-12,14H2,(H2,23,28)(H,25,26). The second-order valence-electron chi connectivity index (χ2n) is 7.57. The van der Waals surface area contributed by atoms with Crippen molar-refractivity contribution in [3.8, 4) is 0 Å². The highest BCUT2D eigenvalue weighted by molar-refractivity contribution is 5.76. The molecule has 0 unspecified atom stereocenters. The minimum absolute atomic E-state index is 0.0654. The van der Waals surface area contributed by atoms with Crippen LogP contribution in [0.25, 0.3) is 11.0 Å². The second kappa shape index (κ2) is 8.44. The van der Waals surface area contributed by atoms with Crippen LogP contribution in [0.2, 0.25) is 0 Å². The van der Waals surface area contributed by atoms with Crippen molar-refractivity contribution >= 4 is 22.6 Å². The lowest BCUT2D eigenvalue weighted by atomic mass is 9.96. The summed E-state index contributed by atoms with van der Waals surface area (Å²) in [5, 5.41) is 3.48. The number of rotatable bonds is 7. The topological polar surface area (TPSA) is 87.0 Å². The summed E-state index contributed by atoms with van der Waals surface area (Å²) in [7, 11) is 0. The van der Waals surface area contributed by atoms with Gasteiger partial charge in [-0.15, -0.1) is 0 Å². The van der Waals surface area contributed by atoms with Crippen molar-refractivity contribution in [2.24, 2.45) is 11.7 Å². The molecule has 1 aromatic heterocycles. The van der Waals surface area contributed by atoms with Gasteiger partial charge in [0.25, 0.3) is 0 Å². The number of carbonyl (C=O) groups excluding carboxylic acids is 1. The van der Waals surface area contributed by atoms with Crippen molar-refractivity contribution in [2.45, 2.75) is 25.8 Å². The third-order valence-corrected chi connectivity index (χ3v) is 5.64. The summed E-state index contributed by atoms with van der Waals surface area (Å²) in [5.41, 5.74) is 11.1. The smallest absolute Gasteiger partial charge is 0.220 e. The molecule has 0 saturated carbocycles. The zero-order valence-corrected chi connectivity index (χ0v) is 16.0. The first-order chi connectivity index (χ1) is 13.7. The monoisotopic (exact) mass is 377 g/mol. The quantitative estimate of drug-likeness (QED) is 0.591. The van der Waals surface area contributed by atoms with Crippen molar-refractivity contribution in [3.05, 3.63) is 59.9 Å². The van der Waals surface area contributed by atoms with Gasteiger partial charge in [-0.1, -0.05) is 18.2 Å². The van der Waals surface area contributed by atoms with Gasteiger partial charge in [-0.2, -0.15) is 0 Å². The summed E-state index contributed by atoms with van der Waals surface area (Å²) in [4.78, 5) is 21.1. The molecule has 0 radical (unpaired) electrons. The van der Waals surface area contributed by atoms with Crippen LogP contribution in [0.1, 0.15) is 24.0 Å². The number of likely N-dealkylation sites (tertiary alicyclic amines) is 1. The number of hydrogen-bond acceptors (Lipinski definition) is 4. The normalized spacial score (nSPS) is 15.7. The molecule has 1 saturated heterocycles. The van der Waals surface area contributed by atoms with Crippen molar-refractivity contribution < 1.29 is 4.79 Å². The maximum Gasteiger partial charge on any atom is 0.220 e. The lowest BCUT2D eigenvalue weighted by molar-refractivity contribution is -0.123. The van der Waals surface area contributed by atoms with Crippen LogP contribution in [0.15, 0.2) is 48.8 Å². The molecule has 0 atom stereocenters. The van der Waals surface area contributed by atoms with Crippen LogP contribution in [0.5, 0.6) is 0 Å². The molecular formula is C22H27N5O. The molecule has 146 valence electrons. The molecule has 1 aliphatic heterocycles. The van der Waals surface area contributed by atoms with Gasteiger partial charge in [0.05, 0.1) is 17.4 Å². The molecule has 28 heavy (non-hydrogen) atoms. The number of anilines is 1. The Morgan fingerprint density at radius 3 is 2.64 bits per heavy atom. The van der Waals surface area contributed by atoms with E-state index < -0.39 is 0 Å². The van der Waals surface area contributed by atoms with Gasteiger partial charge in [-0.25, -0.2) is 4.98 Å². The molecule has 2 aromatic carbocycles. The highest BCUT2D eigenvalue weighted by Crippen LogP contribution is 2.18. The van der Waals surface area contributed by atoms with E-state index in [1.54, 1.807) is 6.33 Å². The zero-order valence-electron chi connectivity index (χ0n) is 16.0. The van der Waals surface area contributed by atoms with E-state index in [0.29, 0.717) is 0 Å². The van der Waals surface area contributed by atoms with Gasteiger partial charge in [-0.3, -0.25) is 4.79 Å². The van der Waals surface area contributed by atoms with E-state index in [2.05, 4.69) is 56.6 Å². The number of piperidine rings is 1. The Balaban J connectivity index is 1.24. The van der Waals surface area contributed by atoms with Gasteiger partial charge in [0.2, 0.25) is 5.91 Å². The fraction of sp³-hybridized carbons (Fsp3) is 0.364. The number of primary amides is 1. The van der Waals surface area contributed by atoms with E-state index in [1.807, 2.05) is 6.07 Å². The van der Waals surface area contributed by atoms with E-state index in [9.17, 15) is 4.79 Å². The number of aromatic amines is 1. The van der Waals surface area contributed by atoms with Gasteiger partial charge < -0.3 is 20.9 Å². The van der Waals surface area contributed by atoms with Crippen molar-refractivity contribution in [3.63, 3.8) is 0 Å². The van der Waals surface area contributed by atoms with Crippen LogP contribution in [0, 0.1) is 5.92 Å². The van der Waals surface area contributed by atoms with Gasteiger partial charge in [0.15, 0.2) is 0 Å². The zero-order chi connectivity index (χ0) is 19.3. The van der Waals surface area contributed by atoms with Crippen molar-refractivity contribution in [2.75, 3.05) is 25.0 Å². The first-order valence-electron chi connectivity index (χ1n) is 9.94. The Hall–Kier alpha value is -2.86. The highest BCUT2D eigenvalue weighted by Gasteiger charge is 2.22. The average molecular weight is 377 g/mol. The van der Waals surface area contributed by atoms with Crippen LogP contribution in [0.4, 0.5) is 5.69 Å². The number of aromatic nitrogens is 2. The maximum absolute atomic E-state index is 11.3. The summed E-state index contributed by atoms with van der Waals surface area (Å²) in [6.07, 6.45) is 4.53. The Labute approximate surface area is 165 Å². The Bertz CT molecular complexity index is 926. The Morgan fingerprint density at radius 1 is 1.14 bits per heavy atom. The fourth-order valence-corrected chi connectivity index (χ4v) is 3.81. The summed E-state index contributed by atoms with van der Waals surface area (Å²) in [5.74, 6) is -0.0807. The molecule has 2 heterocycles. The summed E-state index contributed by atoms with van der Waals surface area (Å²) in [6, 6.07) is 14.9. The van der Waals surface area contributed by atoms with Gasteiger partial charge in [-0.05, 0) is 67.7 Å². The lowest BCUT2D eigenvalue weighted by Gasteiger charge is -2.30. The van der Waals surface area contributed by atoms with E-state index >= 15 is 0 Å². The number of hydrogen-bond donors (Lipinski definition) is 3. The van der Waals surface area contributed by atoms with Crippen LogP contribution in [-0.2, 0) is 17.8 Å². The van der Waals surface area contributed by atoms with E-state index in [0.717, 1.165) is 62.2 Å². The molecule has 4 rings (SSSR count). The number of nitrogens with two attached hydrogens (primary N) is 1. The lowest BCUT2D eigenvalue weighted by Crippen LogP contribution is -2.39. The van der Waals surface area contributed by atoms with Gasteiger partial charge >= 0.3 is 0 Å². The molecule has 1 amide bonds. The number of nitrogens with one attached hydrogen (secondary N) is 2. The number of amides is 1. The van der Waals surface area contributed by atoms with Crippen LogP contribution >= 0.6 is 0 Å². The number of benzene rings is 2. The third-order valence-electron chi connectivity index (χ3n) is 5.64. The van der Waals surface area contributed by atoms with Crippen molar-refractivity contribution in [1.82, 2.24) is 14.9 Å². The summed E-state index contributed by atoms with van der Waals surface area (Å²) in [6.45, 7) is 3.74. The molecule has 3 aromatic rings. The van der Waals surface area contributed by atoms with Crippen LogP contribution < -0.4 is 11.1 Å². The molecule has 1 aliphatic rings. The first kappa shape index (κ1) is 18.5. The molecule has 1 fully saturated rings. The average Bonchev–Trinajstić information content (AvgIpc) is 3.19. The molecule has 6 nitrogen and oxygen atoms in total. The second-order valence-corrected chi connectivity index (χ2v) is 7.57.